The van der Waals surface area contributed by atoms with Crippen LogP contribution in [0.5, 0.6) is 0 Å². The molecule has 0 unspecified atom stereocenters. The van der Waals surface area contributed by atoms with Gasteiger partial charge in [-0.25, -0.2) is 13.4 Å². The van der Waals surface area contributed by atoms with Gasteiger partial charge in [0.2, 0.25) is 0 Å². The molecular weight excluding hydrogens is 486 g/mol. The Balaban J connectivity index is 1.26. The Morgan fingerprint density at radius 1 is 0.973 bits per heavy atom. The van der Waals surface area contributed by atoms with Gasteiger partial charge in [-0.2, -0.15) is 5.10 Å². The first kappa shape index (κ1) is 24.0. The summed E-state index contributed by atoms with van der Waals surface area (Å²) in [6.45, 7) is 5.48. The lowest BCUT2D eigenvalue weighted by Crippen LogP contribution is -2.49. The Morgan fingerprint density at radius 3 is 2.24 bits per heavy atom. The smallest absolute Gasteiger partial charge is 0.175 e. The van der Waals surface area contributed by atoms with Crippen LogP contribution in [0.15, 0.2) is 59.9 Å². The van der Waals surface area contributed by atoms with E-state index in [1.807, 2.05) is 36.3 Å². The SMILES string of the molecule is Cn1cc(-c2cn(C3CC(C)(N)C3)c3nc(N4CCN(c5ccc(S(C)(=O)=O)cc5)CC4)ccc23)cn1. The Morgan fingerprint density at radius 2 is 1.65 bits per heavy atom. The number of hydrogen-bond acceptors (Lipinski definition) is 7. The van der Waals surface area contributed by atoms with Gasteiger partial charge in [-0.15, -0.1) is 0 Å². The van der Waals surface area contributed by atoms with Crippen LogP contribution in [0.2, 0.25) is 0 Å². The van der Waals surface area contributed by atoms with Crippen molar-refractivity contribution in [2.75, 3.05) is 42.2 Å². The van der Waals surface area contributed by atoms with Crippen LogP contribution in [-0.2, 0) is 16.9 Å². The molecule has 6 rings (SSSR count). The van der Waals surface area contributed by atoms with Crippen LogP contribution in [0.3, 0.4) is 0 Å². The Labute approximate surface area is 217 Å². The van der Waals surface area contributed by atoms with Gasteiger partial charge in [0.05, 0.1) is 11.1 Å². The molecule has 1 saturated heterocycles. The van der Waals surface area contributed by atoms with Gasteiger partial charge in [-0.05, 0) is 56.2 Å². The van der Waals surface area contributed by atoms with Crippen molar-refractivity contribution < 1.29 is 8.42 Å². The highest BCUT2D eigenvalue weighted by molar-refractivity contribution is 7.90. The van der Waals surface area contributed by atoms with Crippen LogP contribution in [0.1, 0.15) is 25.8 Å². The van der Waals surface area contributed by atoms with Crippen LogP contribution >= 0.6 is 0 Å². The molecule has 0 bridgehead atoms. The maximum Gasteiger partial charge on any atom is 0.175 e. The summed E-state index contributed by atoms with van der Waals surface area (Å²) < 4.78 is 27.7. The van der Waals surface area contributed by atoms with E-state index < -0.39 is 9.84 Å². The summed E-state index contributed by atoms with van der Waals surface area (Å²) in [6.07, 6.45) is 9.28. The third-order valence-corrected chi connectivity index (χ3v) is 8.84. The van der Waals surface area contributed by atoms with Gasteiger partial charge in [-0.3, -0.25) is 4.68 Å². The van der Waals surface area contributed by atoms with Crippen molar-refractivity contribution in [2.24, 2.45) is 12.8 Å². The molecule has 0 atom stereocenters. The van der Waals surface area contributed by atoms with E-state index in [0.717, 1.165) is 72.7 Å². The molecule has 3 aromatic heterocycles. The first-order valence-electron chi connectivity index (χ1n) is 12.7. The number of aromatic nitrogens is 4. The van der Waals surface area contributed by atoms with Crippen molar-refractivity contribution in [3.8, 4) is 11.1 Å². The number of rotatable bonds is 5. The second-order valence-corrected chi connectivity index (χ2v) is 12.9. The highest BCUT2D eigenvalue weighted by Crippen LogP contribution is 2.43. The molecule has 2 fully saturated rings. The van der Waals surface area contributed by atoms with E-state index in [1.54, 1.807) is 12.1 Å². The van der Waals surface area contributed by atoms with Crippen molar-refractivity contribution in [3.05, 3.63) is 55.0 Å². The van der Waals surface area contributed by atoms with Gasteiger partial charge in [0.15, 0.2) is 9.84 Å². The van der Waals surface area contributed by atoms with E-state index in [0.29, 0.717) is 10.9 Å². The molecule has 0 spiro atoms. The lowest BCUT2D eigenvalue weighted by atomic mass is 9.75. The van der Waals surface area contributed by atoms with Crippen molar-refractivity contribution in [2.45, 2.75) is 36.2 Å². The van der Waals surface area contributed by atoms with Crippen LogP contribution in [-0.4, -0.2) is 65.7 Å². The molecule has 9 nitrogen and oxygen atoms in total. The fourth-order valence-electron chi connectivity index (χ4n) is 5.67. The number of anilines is 2. The molecule has 4 heterocycles. The first-order chi connectivity index (χ1) is 17.6. The normalized spacial score (nSPS) is 22.4. The molecule has 37 heavy (non-hydrogen) atoms. The molecule has 194 valence electrons. The van der Waals surface area contributed by atoms with Gasteiger partial charge in [0.1, 0.15) is 11.5 Å². The van der Waals surface area contributed by atoms with Crippen LogP contribution in [0.4, 0.5) is 11.5 Å². The van der Waals surface area contributed by atoms with Crippen molar-refractivity contribution in [1.82, 2.24) is 19.3 Å². The third-order valence-electron chi connectivity index (χ3n) is 7.71. The van der Waals surface area contributed by atoms with Crippen LogP contribution in [0.25, 0.3) is 22.2 Å². The Kier molecular flexibility index (Phi) is 5.57. The number of pyridine rings is 1. The zero-order chi connectivity index (χ0) is 25.9. The third kappa shape index (κ3) is 4.48. The average Bonchev–Trinajstić information content (AvgIpc) is 3.45. The molecule has 10 heteroatoms. The number of nitrogens with zero attached hydrogens (tertiary/aromatic N) is 6. The largest absolute Gasteiger partial charge is 0.368 e. The number of sulfone groups is 1. The van der Waals surface area contributed by atoms with Gasteiger partial charge in [-0.1, -0.05) is 0 Å². The molecule has 2 N–H and O–H groups in total. The topological polar surface area (TPSA) is 102 Å². The van der Waals surface area contributed by atoms with E-state index in [9.17, 15) is 8.42 Å². The number of fused-ring (bicyclic) bond motifs is 1. The zero-order valence-corrected chi connectivity index (χ0v) is 22.3. The van der Waals surface area contributed by atoms with Crippen LogP contribution < -0.4 is 15.5 Å². The van der Waals surface area contributed by atoms with Crippen molar-refractivity contribution >= 4 is 32.4 Å². The number of benzene rings is 1. The van der Waals surface area contributed by atoms with Gasteiger partial charge < -0.3 is 20.1 Å². The Bertz CT molecular complexity index is 1550. The van der Waals surface area contributed by atoms with Gasteiger partial charge in [0, 0.05) is 85.7 Å². The zero-order valence-electron chi connectivity index (χ0n) is 21.5. The number of hydrogen-bond donors (Lipinski definition) is 1. The maximum absolute atomic E-state index is 11.8. The minimum absolute atomic E-state index is 0.122. The highest BCUT2D eigenvalue weighted by Gasteiger charge is 2.39. The molecule has 0 amide bonds. The lowest BCUT2D eigenvalue weighted by Gasteiger charge is -2.43. The minimum Gasteiger partial charge on any atom is -0.368 e. The maximum atomic E-state index is 11.8. The average molecular weight is 520 g/mol. The molecule has 1 aliphatic heterocycles. The summed E-state index contributed by atoms with van der Waals surface area (Å²) in [5, 5.41) is 5.51. The summed E-state index contributed by atoms with van der Waals surface area (Å²) in [5.41, 5.74) is 10.5. The molecule has 2 aliphatic rings. The van der Waals surface area contributed by atoms with E-state index in [2.05, 4.69) is 44.7 Å². The van der Waals surface area contributed by atoms with E-state index in [-0.39, 0.29) is 5.54 Å². The van der Waals surface area contributed by atoms with E-state index in [1.165, 1.54) is 6.26 Å². The molecule has 1 saturated carbocycles. The van der Waals surface area contributed by atoms with E-state index >= 15 is 0 Å². The molecular formula is C27H33N7O2S. The number of aryl methyl sites for hydroxylation is 1. The molecule has 1 aromatic carbocycles. The monoisotopic (exact) mass is 519 g/mol. The molecule has 4 aromatic rings. The number of piperazine rings is 1. The first-order valence-corrected chi connectivity index (χ1v) is 14.6. The van der Waals surface area contributed by atoms with Gasteiger partial charge >= 0.3 is 0 Å². The molecule has 0 radical (unpaired) electrons. The predicted molar refractivity (Wildman–Crippen MR) is 147 cm³/mol. The summed E-state index contributed by atoms with van der Waals surface area (Å²) in [6, 6.07) is 11.8. The fraction of sp³-hybridized carbons (Fsp3) is 0.407. The summed E-state index contributed by atoms with van der Waals surface area (Å²) in [4.78, 5) is 10.1. The quantitative estimate of drug-likeness (QED) is 0.432. The van der Waals surface area contributed by atoms with E-state index in [4.69, 9.17) is 10.7 Å². The second kappa shape index (κ2) is 8.59. The highest BCUT2D eigenvalue weighted by atomic mass is 32.2. The van der Waals surface area contributed by atoms with Gasteiger partial charge in [0.25, 0.3) is 0 Å². The lowest BCUT2D eigenvalue weighted by molar-refractivity contribution is 0.176. The summed E-state index contributed by atoms with van der Waals surface area (Å²) >= 11 is 0. The van der Waals surface area contributed by atoms with Crippen LogP contribution in [0, 0.1) is 0 Å². The summed E-state index contributed by atoms with van der Waals surface area (Å²) in [5.74, 6) is 0.978. The van der Waals surface area contributed by atoms with Crippen molar-refractivity contribution in [3.63, 3.8) is 0 Å². The summed E-state index contributed by atoms with van der Waals surface area (Å²) in [7, 11) is -1.26. The standard InChI is InChI=1S/C27H33N7O2S/c1-27(28)14-21(15-27)34-18-24(19-16-29-31(2)17-19)23-8-9-25(30-26(23)34)33-12-10-32(11-13-33)20-4-6-22(7-5-20)37(3,35)36/h4-9,16-18,21H,10-15,28H2,1-3H3. The number of nitrogens with two attached hydrogens (primary N) is 1. The minimum atomic E-state index is -3.19. The fourth-order valence-corrected chi connectivity index (χ4v) is 6.30. The Hall–Kier alpha value is -3.37. The van der Waals surface area contributed by atoms with Crippen molar-refractivity contribution in [1.29, 1.82) is 0 Å². The second-order valence-electron chi connectivity index (χ2n) is 10.8. The predicted octanol–water partition coefficient (Wildman–Crippen LogP) is 3.22. The molecule has 1 aliphatic carbocycles.